The van der Waals surface area contributed by atoms with E-state index in [4.69, 9.17) is 14.2 Å². The van der Waals surface area contributed by atoms with Crippen molar-refractivity contribution in [2.75, 3.05) is 26.7 Å². The van der Waals surface area contributed by atoms with Gasteiger partial charge >= 0.3 is 24.3 Å². The van der Waals surface area contributed by atoms with E-state index in [-0.39, 0.29) is 70.5 Å². The standard InChI is InChI=1S/C50H72F3N5O10/c1-32(2)28-36(31-40(59)39(30-34-16-12-11-13-17-34)56-41(60)33(3)29-35-19-21-37(22-20-35)50(51,52)53)42(61)55-38(18-14-15-25-54-45(64)67-47(4,5)6)43(62)58-26-23-49(24-27-58,44(63)66-10)57-46(65)68-48(7,8)9/h11-13,16-17,19-22,32-33,36,38-39H,14-15,18,23-31H2,1-10H3,(H,54,64)(H,55,61)(H,56,60)(H,57,65)/t33-,36+,38-,39-/m1/s1. The van der Waals surface area contributed by atoms with Crippen LogP contribution in [0.25, 0.3) is 0 Å². The Balaban J connectivity index is 1.85. The van der Waals surface area contributed by atoms with E-state index < -0.39 is 94.1 Å². The summed E-state index contributed by atoms with van der Waals surface area (Å²) < 4.78 is 55.3. The molecule has 3 rings (SSSR count). The number of alkyl halides is 3. The van der Waals surface area contributed by atoms with Crippen molar-refractivity contribution in [3.63, 3.8) is 0 Å². The SMILES string of the molecule is COC(=O)C1(NC(=O)OC(C)(C)C)CCN(C(=O)[C@@H](CCCCNC(=O)OC(C)(C)C)NC(=O)[C@H](CC(=O)[C@@H](Cc2ccccc2)NC(=O)[C@H](C)Cc2ccc(C(F)(F)F)cc2)CC(C)C)CC1. The Morgan fingerprint density at radius 1 is 0.721 bits per heavy atom. The van der Waals surface area contributed by atoms with Crippen LogP contribution in [0.3, 0.4) is 0 Å². The molecule has 1 aliphatic rings. The molecule has 1 saturated heterocycles. The summed E-state index contributed by atoms with van der Waals surface area (Å²) >= 11 is 0. The zero-order valence-electron chi connectivity index (χ0n) is 41.2. The van der Waals surface area contributed by atoms with E-state index in [2.05, 4.69) is 21.3 Å². The number of ketones is 1. The van der Waals surface area contributed by atoms with E-state index in [9.17, 15) is 46.7 Å². The molecule has 68 heavy (non-hydrogen) atoms. The van der Waals surface area contributed by atoms with Crippen molar-refractivity contribution in [1.82, 2.24) is 26.2 Å². The number of nitrogens with zero attached hydrogens (tertiary/aromatic N) is 1. The Bertz CT molecular complexity index is 2010. The van der Waals surface area contributed by atoms with Crippen molar-refractivity contribution in [2.24, 2.45) is 17.8 Å². The molecule has 378 valence electrons. The normalized spacial score (nSPS) is 15.8. The van der Waals surface area contributed by atoms with Crippen molar-refractivity contribution >= 4 is 41.7 Å². The van der Waals surface area contributed by atoms with Crippen LogP contribution >= 0.6 is 0 Å². The maximum absolute atomic E-state index is 14.4. The van der Waals surface area contributed by atoms with Gasteiger partial charge in [0.1, 0.15) is 22.8 Å². The van der Waals surface area contributed by atoms with Crippen LogP contribution in [0.5, 0.6) is 0 Å². The second-order valence-electron chi connectivity index (χ2n) is 20.1. The van der Waals surface area contributed by atoms with E-state index in [0.29, 0.717) is 18.4 Å². The molecule has 2 aromatic carbocycles. The first kappa shape index (κ1) is 56.6. The van der Waals surface area contributed by atoms with E-state index >= 15 is 0 Å². The average molecular weight is 960 g/mol. The first-order valence-corrected chi connectivity index (χ1v) is 23.3. The van der Waals surface area contributed by atoms with Crippen LogP contribution in [0.2, 0.25) is 0 Å². The molecular formula is C50H72F3N5O10. The summed E-state index contributed by atoms with van der Waals surface area (Å²) in [4.78, 5) is 96.5. The maximum Gasteiger partial charge on any atom is 0.416 e. The molecule has 4 N–H and O–H groups in total. The topological polar surface area (TPSA) is 199 Å². The minimum absolute atomic E-state index is 0.00686. The van der Waals surface area contributed by atoms with Crippen molar-refractivity contribution in [1.29, 1.82) is 0 Å². The van der Waals surface area contributed by atoms with Gasteiger partial charge in [-0.25, -0.2) is 14.4 Å². The minimum atomic E-state index is -4.51. The molecule has 0 radical (unpaired) electrons. The Morgan fingerprint density at radius 3 is 1.82 bits per heavy atom. The summed E-state index contributed by atoms with van der Waals surface area (Å²) in [5.74, 6) is -4.32. The van der Waals surface area contributed by atoms with Gasteiger partial charge in [0.25, 0.3) is 0 Å². The lowest BCUT2D eigenvalue weighted by molar-refractivity contribution is -0.153. The highest BCUT2D eigenvalue weighted by Crippen LogP contribution is 2.30. The fourth-order valence-electron chi connectivity index (χ4n) is 7.85. The van der Waals surface area contributed by atoms with Crippen molar-refractivity contribution < 1.29 is 60.9 Å². The summed E-state index contributed by atoms with van der Waals surface area (Å²) in [7, 11) is 1.20. The Kier molecular flexibility index (Phi) is 20.9. The van der Waals surface area contributed by atoms with Crippen LogP contribution in [-0.2, 0) is 57.2 Å². The number of hydrogen-bond acceptors (Lipinski definition) is 10. The summed E-state index contributed by atoms with van der Waals surface area (Å²) in [6, 6.07) is 11.4. The zero-order chi connectivity index (χ0) is 51.0. The van der Waals surface area contributed by atoms with Crippen molar-refractivity contribution in [3.8, 4) is 0 Å². The van der Waals surface area contributed by atoms with Gasteiger partial charge in [0.2, 0.25) is 17.7 Å². The third kappa shape index (κ3) is 19.1. The molecule has 2 aromatic rings. The summed E-state index contributed by atoms with van der Waals surface area (Å²) in [6.45, 7) is 15.9. The molecule has 0 spiro atoms. The van der Waals surface area contributed by atoms with Gasteiger partial charge in [-0.15, -0.1) is 0 Å². The molecule has 1 fully saturated rings. The molecular weight excluding hydrogens is 888 g/mol. The number of amides is 5. The molecule has 0 aromatic heterocycles. The highest BCUT2D eigenvalue weighted by molar-refractivity contribution is 5.95. The Hall–Kier alpha value is -5.68. The van der Waals surface area contributed by atoms with Gasteiger partial charge in [-0.2, -0.15) is 13.2 Å². The lowest BCUT2D eigenvalue weighted by atomic mass is 9.86. The molecule has 0 unspecified atom stereocenters. The number of carbonyl (C=O) groups is 7. The van der Waals surface area contributed by atoms with Crippen LogP contribution < -0.4 is 21.3 Å². The van der Waals surface area contributed by atoms with Crippen LogP contribution in [0.15, 0.2) is 54.6 Å². The summed E-state index contributed by atoms with van der Waals surface area (Å²) in [6.07, 6.45) is -4.77. The lowest BCUT2D eigenvalue weighted by Crippen LogP contribution is -2.62. The molecule has 0 saturated carbocycles. The van der Waals surface area contributed by atoms with E-state index in [0.717, 1.165) is 17.7 Å². The third-order valence-corrected chi connectivity index (χ3v) is 11.3. The zero-order valence-corrected chi connectivity index (χ0v) is 41.2. The monoisotopic (exact) mass is 960 g/mol. The van der Waals surface area contributed by atoms with Gasteiger partial charge in [-0.05, 0) is 122 Å². The number of Topliss-reactive ketones (excluding diaryl/α,β-unsaturated/α-hetero) is 1. The van der Waals surface area contributed by atoms with E-state index in [1.54, 1.807) is 72.7 Å². The predicted molar refractivity (Wildman–Crippen MR) is 249 cm³/mol. The number of hydrogen-bond donors (Lipinski definition) is 4. The number of alkyl carbamates (subject to hydrolysis) is 2. The highest BCUT2D eigenvalue weighted by Gasteiger charge is 2.46. The number of unbranched alkanes of at least 4 members (excludes halogenated alkanes) is 1. The average Bonchev–Trinajstić information content (AvgIpc) is 3.23. The van der Waals surface area contributed by atoms with Gasteiger partial charge in [-0.3, -0.25) is 19.2 Å². The number of ether oxygens (including phenoxy) is 3. The predicted octanol–water partition coefficient (Wildman–Crippen LogP) is 7.47. The number of benzene rings is 2. The fraction of sp³-hybridized carbons (Fsp3) is 0.620. The smallest absolute Gasteiger partial charge is 0.416 e. The van der Waals surface area contributed by atoms with E-state index in [1.165, 1.54) is 24.1 Å². The molecule has 5 amide bonds. The second-order valence-corrected chi connectivity index (χ2v) is 20.1. The van der Waals surface area contributed by atoms with Gasteiger partial charge in [0.05, 0.1) is 18.7 Å². The number of likely N-dealkylation sites (tertiary alicyclic amines) is 1. The van der Waals surface area contributed by atoms with Gasteiger partial charge in [0, 0.05) is 37.9 Å². The molecule has 1 heterocycles. The molecule has 0 bridgehead atoms. The maximum atomic E-state index is 14.4. The first-order chi connectivity index (χ1) is 31.6. The van der Waals surface area contributed by atoms with Crippen LogP contribution in [0.4, 0.5) is 22.8 Å². The number of carbonyl (C=O) groups excluding carboxylic acids is 7. The molecule has 18 heteroatoms. The van der Waals surface area contributed by atoms with Gasteiger partial charge in [0.15, 0.2) is 5.78 Å². The molecule has 15 nitrogen and oxygen atoms in total. The fourth-order valence-corrected chi connectivity index (χ4v) is 7.85. The number of esters is 1. The quantitative estimate of drug-likeness (QED) is 0.0553. The molecule has 4 atom stereocenters. The van der Waals surface area contributed by atoms with Gasteiger partial charge < -0.3 is 40.4 Å². The minimum Gasteiger partial charge on any atom is -0.467 e. The Labute approximate surface area is 398 Å². The van der Waals surface area contributed by atoms with E-state index in [1.807, 2.05) is 19.9 Å². The van der Waals surface area contributed by atoms with Crippen LogP contribution in [-0.4, -0.2) is 102 Å². The number of piperidine rings is 1. The molecule has 0 aliphatic carbocycles. The van der Waals surface area contributed by atoms with Crippen LogP contribution in [0, 0.1) is 17.8 Å². The largest absolute Gasteiger partial charge is 0.467 e. The first-order valence-electron chi connectivity index (χ1n) is 23.3. The van der Waals surface area contributed by atoms with Crippen LogP contribution in [0.1, 0.15) is 124 Å². The number of halogens is 3. The number of nitrogens with one attached hydrogen (secondary N) is 4. The number of methoxy groups -OCH3 is 1. The van der Waals surface area contributed by atoms with Crippen molar-refractivity contribution in [3.05, 3.63) is 71.3 Å². The lowest BCUT2D eigenvalue weighted by Gasteiger charge is -2.41. The van der Waals surface area contributed by atoms with Gasteiger partial charge in [-0.1, -0.05) is 63.2 Å². The number of rotatable bonds is 21. The molecule has 1 aliphatic heterocycles. The second kappa shape index (κ2) is 25.1. The Morgan fingerprint density at radius 2 is 1.28 bits per heavy atom. The summed E-state index contributed by atoms with van der Waals surface area (Å²) in [5, 5.41) is 11.1. The van der Waals surface area contributed by atoms with Crippen molar-refractivity contribution in [2.45, 2.75) is 155 Å². The summed E-state index contributed by atoms with van der Waals surface area (Å²) in [5.41, 5.74) is -2.58. The highest BCUT2D eigenvalue weighted by atomic mass is 19.4. The third-order valence-electron chi connectivity index (χ3n) is 11.3.